The number of nitrogens with zero attached hydrogens (tertiary/aromatic N) is 4. The van der Waals surface area contributed by atoms with Gasteiger partial charge in [-0.25, -0.2) is 15.0 Å². The molecule has 0 saturated carbocycles. The molecular formula is C23H21N7O2S. The fourth-order valence-corrected chi connectivity index (χ4v) is 4.13. The van der Waals surface area contributed by atoms with E-state index in [1.165, 1.54) is 0 Å². The van der Waals surface area contributed by atoms with E-state index in [2.05, 4.69) is 25.8 Å². The van der Waals surface area contributed by atoms with E-state index in [-0.39, 0.29) is 18.6 Å². The predicted molar refractivity (Wildman–Crippen MR) is 129 cm³/mol. The highest BCUT2D eigenvalue weighted by Crippen LogP contribution is 2.32. The summed E-state index contributed by atoms with van der Waals surface area (Å²) in [4.78, 5) is 25.8. The molecule has 4 heterocycles. The van der Waals surface area contributed by atoms with Gasteiger partial charge < -0.3 is 15.4 Å². The molecule has 0 radical (unpaired) electrons. The van der Waals surface area contributed by atoms with Gasteiger partial charge in [0.05, 0.1) is 28.3 Å². The Morgan fingerprint density at radius 2 is 2.09 bits per heavy atom. The van der Waals surface area contributed by atoms with Crippen LogP contribution in [0.15, 0.2) is 54.2 Å². The SMILES string of the molecule is CC(C)NC(=O)COc1cccc(-c2nc(Nc3cnc4[nH]ncc4c3)c3sccc3n2)c1. The quantitative estimate of drug-likeness (QED) is 0.332. The number of amides is 1. The molecule has 0 aliphatic heterocycles. The highest BCUT2D eigenvalue weighted by atomic mass is 32.1. The number of carbonyl (C=O) groups excluding carboxylic acids is 1. The number of thiophene rings is 1. The number of ether oxygens (including phenoxy) is 1. The summed E-state index contributed by atoms with van der Waals surface area (Å²) in [6.45, 7) is 3.76. The molecule has 0 bridgehead atoms. The van der Waals surface area contributed by atoms with E-state index in [1.54, 1.807) is 29.8 Å². The minimum atomic E-state index is -0.166. The Hall–Kier alpha value is -4.05. The topological polar surface area (TPSA) is 118 Å². The van der Waals surface area contributed by atoms with Crippen molar-refractivity contribution in [1.82, 2.24) is 30.5 Å². The number of carbonyl (C=O) groups is 1. The van der Waals surface area contributed by atoms with Crippen LogP contribution in [0.25, 0.3) is 32.6 Å². The minimum absolute atomic E-state index is 0.0532. The average Bonchev–Trinajstić information content (AvgIpc) is 3.46. The molecule has 1 aromatic carbocycles. The second-order valence-electron chi connectivity index (χ2n) is 7.73. The smallest absolute Gasteiger partial charge is 0.258 e. The van der Waals surface area contributed by atoms with Crippen molar-refractivity contribution in [3.63, 3.8) is 0 Å². The largest absolute Gasteiger partial charge is 0.484 e. The highest BCUT2D eigenvalue weighted by Gasteiger charge is 2.13. The maximum Gasteiger partial charge on any atom is 0.258 e. The second kappa shape index (κ2) is 8.83. The van der Waals surface area contributed by atoms with Crippen LogP contribution in [0.5, 0.6) is 5.75 Å². The van der Waals surface area contributed by atoms with Crippen LogP contribution in [0.3, 0.4) is 0 Å². The number of aromatic nitrogens is 5. The van der Waals surface area contributed by atoms with Crippen LogP contribution in [0, 0.1) is 0 Å². The summed E-state index contributed by atoms with van der Waals surface area (Å²) >= 11 is 1.57. The van der Waals surface area contributed by atoms with E-state index in [9.17, 15) is 4.79 Å². The number of anilines is 2. The van der Waals surface area contributed by atoms with E-state index in [0.29, 0.717) is 17.4 Å². The van der Waals surface area contributed by atoms with Gasteiger partial charge in [-0.3, -0.25) is 9.89 Å². The Labute approximate surface area is 193 Å². The Bertz CT molecular complexity index is 1440. The van der Waals surface area contributed by atoms with Crippen LogP contribution in [0.4, 0.5) is 11.5 Å². The third kappa shape index (κ3) is 4.60. The van der Waals surface area contributed by atoms with Gasteiger partial charge >= 0.3 is 0 Å². The molecule has 0 saturated heterocycles. The number of hydrogen-bond donors (Lipinski definition) is 3. The zero-order valence-corrected chi connectivity index (χ0v) is 18.8. The molecule has 3 N–H and O–H groups in total. The maximum atomic E-state index is 11.9. The molecule has 0 atom stereocenters. The summed E-state index contributed by atoms with van der Waals surface area (Å²) in [5.41, 5.74) is 3.16. The lowest BCUT2D eigenvalue weighted by atomic mass is 10.2. The lowest BCUT2D eigenvalue weighted by Gasteiger charge is -2.11. The number of aromatic amines is 1. The van der Waals surface area contributed by atoms with Gasteiger partial charge in [-0.15, -0.1) is 11.3 Å². The number of H-pyrrole nitrogens is 1. The van der Waals surface area contributed by atoms with Gasteiger partial charge in [0.15, 0.2) is 23.9 Å². The number of nitrogens with one attached hydrogen (secondary N) is 3. The first-order valence-corrected chi connectivity index (χ1v) is 11.3. The number of pyridine rings is 1. The van der Waals surface area contributed by atoms with Crippen molar-refractivity contribution >= 4 is 50.0 Å². The first-order chi connectivity index (χ1) is 16.0. The molecule has 0 unspecified atom stereocenters. The average molecular weight is 460 g/mol. The summed E-state index contributed by atoms with van der Waals surface area (Å²) in [6, 6.07) is 11.4. The molecule has 5 aromatic rings. The van der Waals surface area contributed by atoms with Gasteiger partial charge in [-0.1, -0.05) is 12.1 Å². The summed E-state index contributed by atoms with van der Waals surface area (Å²) in [7, 11) is 0. The lowest BCUT2D eigenvalue weighted by molar-refractivity contribution is -0.123. The van der Waals surface area contributed by atoms with E-state index in [1.807, 2.05) is 49.6 Å². The number of fused-ring (bicyclic) bond motifs is 2. The molecule has 4 aromatic heterocycles. The monoisotopic (exact) mass is 459 g/mol. The molecule has 0 fully saturated rings. The Morgan fingerprint density at radius 3 is 2.97 bits per heavy atom. The van der Waals surface area contributed by atoms with Crippen molar-refractivity contribution in [3.8, 4) is 17.1 Å². The van der Waals surface area contributed by atoms with Crippen molar-refractivity contribution in [2.45, 2.75) is 19.9 Å². The molecule has 9 nitrogen and oxygen atoms in total. The summed E-state index contributed by atoms with van der Waals surface area (Å²) < 4.78 is 6.61. The van der Waals surface area contributed by atoms with Gasteiger partial charge in [-0.2, -0.15) is 5.10 Å². The van der Waals surface area contributed by atoms with E-state index in [0.717, 1.165) is 32.5 Å². The van der Waals surface area contributed by atoms with E-state index < -0.39 is 0 Å². The number of rotatable bonds is 7. The normalized spacial score (nSPS) is 11.2. The van der Waals surface area contributed by atoms with Crippen molar-refractivity contribution in [2.24, 2.45) is 0 Å². The van der Waals surface area contributed by atoms with Crippen LogP contribution < -0.4 is 15.4 Å². The first kappa shape index (κ1) is 20.8. The van der Waals surface area contributed by atoms with Gasteiger partial charge in [-0.05, 0) is 43.5 Å². The van der Waals surface area contributed by atoms with Crippen LogP contribution in [-0.2, 0) is 4.79 Å². The fourth-order valence-electron chi connectivity index (χ4n) is 3.36. The molecule has 0 aliphatic rings. The molecule has 10 heteroatoms. The van der Waals surface area contributed by atoms with Gasteiger partial charge in [0.1, 0.15) is 5.75 Å². The summed E-state index contributed by atoms with van der Waals surface area (Å²) in [6.07, 6.45) is 3.46. The van der Waals surface area contributed by atoms with Crippen molar-refractivity contribution in [3.05, 3.63) is 54.2 Å². The van der Waals surface area contributed by atoms with Gasteiger partial charge in [0, 0.05) is 17.0 Å². The maximum absolute atomic E-state index is 11.9. The van der Waals surface area contributed by atoms with Crippen molar-refractivity contribution in [2.75, 3.05) is 11.9 Å². The zero-order chi connectivity index (χ0) is 22.8. The second-order valence-corrected chi connectivity index (χ2v) is 8.64. The van der Waals surface area contributed by atoms with Crippen molar-refractivity contribution in [1.29, 1.82) is 0 Å². The molecule has 1 amide bonds. The standard InChI is InChI=1S/C23H21N7O2S/c1-13(2)26-19(31)12-32-17-5-3-4-14(9-17)22-28-18-6-7-33-20(18)23(29-22)27-16-8-15-10-25-30-21(15)24-11-16/h3-11,13H,12H2,1-2H3,(H,26,31)(H,24,25,30)(H,27,28,29). The Morgan fingerprint density at radius 1 is 1.18 bits per heavy atom. The lowest BCUT2D eigenvalue weighted by Crippen LogP contribution is -2.34. The van der Waals surface area contributed by atoms with Crippen LogP contribution in [-0.4, -0.2) is 43.7 Å². The Kier molecular flexibility index (Phi) is 5.57. The van der Waals surface area contributed by atoms with Crippen LogP contribution in [0.1, 0.15) is 13.8 Å². The first-order valence-electron chi connectivity index (χ1n) is 10.4. The number of benzene rings is 1. The van der Waals surface area contributed by atoms with E-state index >= 15 is 0 Å². The molecule has 5 rings (SSSR count). The molecule has 166 valence electrons. The summed E-state index contributed by atoms with van der Waals surface area (Å²) in [5, 5.41) is 15.9. The molecule has 33 heavy (non-hydrogen) atoms. The predicted octanol–water partition coefficient (Wildman–Crippen LogP) is 4.28. The van der Waals surface area contributed by atoms with Crippen LogP contribution in [0.2, 0.25) is 0 Å². The highest BCUT2D eigenvalue weighted by molar-refractivity contribution is 7.17. The molecular weight excluding hydrogens is 438 g/mol. The molecule has 0 aliphatic carbocycles. The number of hydrogen-bond acceptors (Lipinski definition) is 8. The molecule has 0 spiro atoms. The minimum Gasteiger partial charge on any atom is -0.484 e. The zero-order valence-electron chi connectivity index (χ0n) is 18.0. The summed E-state index contributed by atoms with van der Waals surface area (Å²) in [5.74, 6) is 1.65. The fraction of sp³-hybridized carbons (Fsp3) is 0.174. The Balaban J connectivity index is 1.43. The third-order valence-electron chi connectivity index (χ3n) is 4.77. The third-order valence-corrected chi connectivity index (χ3v) is 5.68. The van der Waals surface area contributed by atoms with Gasteiger partial charge in [0.25, 0.3) is 5.91 Å². The van der Waals surface area contributed by atoms with E-state index in [4.69, 9.17) is 14.7 Å². The van der Waals surface area contributed by atoms with Crippen molar-refractivity contribution < 1.29 is 9.53 Å². The van der Waals surface area contributed by atoms with Gasteiger partial charge in [0.2, 0.25) is 0 Å². The van der Waals surface area contributed by atoms with Crippen LogP contribution >= 0.6 is 11.3 Å².